The molecule has 0 radical (unpaired) electrons. The summed E-state index contributed by atoms with van der Waals surface area (Å²) in [6.45, 7) is 10.8. The van der Waals surface area contributed by atoms with Crippen molar-refractivity contribution in [2.24, 2.45) is 0 Å². The average Bonchev–Trinajstić information content (AvgIpc) is 2.86. The summed E-state index contributed by atoms with van der Waals surface area (Å²) >= 11 is 0. The van der Waals surface area contributed by atoms with E-state index in [0.29, 0.717) is 42.7 Å². The summed E-state index contributed by atoms with van der Waals surface area (Å²) in [6.07, 6.45) is 1.14. The predicted octanol–water partition coefficient (Wildman–Crippen LogP) is -0.522. The molecule has 0 rings (SSSR count). The van der Waals surface area contributed by atoms with Gasteiger partial charge in [0, 0.05) is 59.8 Å². The van der Waals surface area contributed by atoms with Crippen molar-refractivity contribution < 1.29 is 51.4 Å². The van der Waals surface area contributed by atoms with Crippen LogP contribution in [-0.2, 0) is 41.2 Å². The Balaban J connectivity index is -0.000000113. The first-order chi connectivity index (χ1) is 16.0. The van der Waals surface area contributed by atoms with Crippen LogP contribution >= 0.6 is 0 Å². The van der Waals surface area contributed by atoms with Gasteiger partial charge >= 0.3 is 29.3 Å². The molecule has 11 nitrogen and oxygen atoms in total. The van der Waals surface area contributed by atoms with Gasteiger partial charge in [-0.15, -0.1) is 0 Å². The van der Waals surface area contributed by atoms with Gasteiger partial charge in [0.2, 0.25) is 0 Å². The van der Waals surface area contributed by atoms with Crippen LogP contribution in [0.3, 0.4) is 0 Å². The summed E-state index contributed by atoms with van der Waals surface area (Å²) in [5, 5.41) is 16.2. The van der Waals surface area contributed by atoms with Crippen LogP contribution < -0.4 is 0 Å². The van der Waals surface area contributed by atoms with E-state index in [1.165, 1.54) is 14.2 Å². The van der Waals surface area contributed by atoms with Crippen LogP contribution in [0.1, 0.15) is 34.1 Å². The zero-order valence-electron chi connectivity index (χ0n) is 21.9. The summed E-state index contributed by atoms with van der Waals surface area (Å²) in [6, 6.07) is 1.19. The highest BCUT2D eigenvalue weighted by molar-refractivity contribution is 6.67. The lowest BCUT2D eigenvalue weighted by molar-refractivity contribution is -0.139. The van der Waals surface area contributed by atoms with Crippen LogP contribution in [-0.4, -0.2) is 124 Å². The third kappa shape index (κ3) is 22.7. The highest BCUT2D eigenvalue weighted by Crippen LogP contribution is 2.15. The Morgan fingerprint density at radius 2 is 1.03 bits per heavy atom. The van der Waals surface area contributed by atoms with E-state index in [0.717, 1.165) is 7.11 Å². The molecule has 0 atom stereocenters. The zero-order valence-corrected chi connectivity index (χ0v) is 23.9. The second-order valence-corrected chi connectivity index (χ2v) is 13.4. The Morgan fingerprint density at radius 3 is 1.27 bits per heavy atom. The number of rotatable bonds is 16. The maximum absolute atomic E-state index is 11.1. The molecular weight excluding hydrogens is 553 g/mol. The van der Waals surface area contributed by atoms with Gasteiger partial charge in [-0.3, -0.25) is 0 Å². The third-order valence-electron chi connectivity index (χ3n) is 4.41. The van der Waals surface area contributed by atoms with Gasteiger partial charge < -0.3 is 41.8 Å². The molecular formula is C22H56O11Si4. The van der Waals surface area contributed by atoms with Gasteiger partial charge in [-0.1, -0.05) is 20.6 Å². The van der Waals surface area contributed by atoms with E-state index in [2.05, 4.69) is 13.2 Å². The van der Waals surface area contributed by atoms with Gasteiger partial charge in [-0.05, 0) is 54.7 Å². The fraction of sp³-hybridized carbons (Fsp3) is 0.727. The molecule has 0 saturated carbocycles. The number of aliphatic hydroxyl groups is 2. The molecule has 0 heterocycles. The number of carbonyl (C=O) groups excluding carboxylic acids is 2. The van der Waals surface area contributed by atoms with Crippen LogP contribution in [0.15, 0.2) is 24.3 Å². The molecule has 0 aliphatic heterocycles. The Morgan fingerprint density at radius 1 is 0.703 bits per heavy atom. The van der Waals surface area contributed by atoms with E-state index in [9.17, 15) is 9.59 Å². The maximum Gasteiger partial charge on any atom is 0.500 e. The molecule has 2 N–H and O–H groups in total. The first-order valence-electron chi connectivity index (χ1n) is 10.5. The minimum Gasteiger partial charge on any atom is -0.462 e. The highest BCUT2D eigenvalue weighted by Gasteiger charge is 2.37. The van der Waals surface area contributed by atoms with Gasteiger partial charge in [-0.25, -0.2) is 9.59 Å². The summed E-state index contributed by atoms with van der Waals surface area (Å²) in [7, 11) is 3.70. The molecule has 0 unspecified atom stereocenters. The smallest absolute Gasteiger partial charge is 0.462 e. The molecule has 0 amide bonds. The van der Waals surface area contributed by atoms with E-state index in [4.69, 9.17) is 41.8 Å². The highest BCUT2D eigenvalue weighted by atomic mass is 28.4. The summed E-state index contributed by atoms with van der Waals surface area (Å²) in [5.74, 6) is -0.773. The van der Waals surface area contributed by atoms with Gasteiger partial charge in [0.1, 0.15) is 0 Å². The number of ether oxygens (including phenoxy) is 2. The number of hydrogen-bond donors (Lipinski definition) is 2. The van der Waals surface area contributed by atoms with E-state index in [1.54, 1.807) is 35.2 Å². The van der Waals surface area contributed by atoms with E-state index in [1.807, 2.05) is 0 Å². The topological polar surface area (TPSA) is 139 Å². The van der Waals surface area contributed by atoms with Gasteiger partial charge in [0.15, 0.2) is 0 Å². The minimum absolute atomic E-state index is 0. The Hall–Kier alpha value is -0.992. The summed E-state index contributed by atoms with van der Waals surface area (Å²) in [4.78, 5) is 22.1. The average molecular weight is 609 g/mol. The normalized spacial score (nSPS) is 9.89. The summed E-state index contributed by atoms with van der Waals surface area (Å²) in [5.41, 5.74) is 0.776. The number of esters is 2. The van der Waals surface area contributed by atoms with Crippen molar-refractivity contribution in [3.05, 3.63) is 24.3 Å². The predicted molar refractivity (Wildman–Crippen MR) is 162 cm³/mol. The Kier molecular flexibility index (Phi) is 39.2. The monoisotopic (exact) mass is 608 g/mol. The quantitative estimate of drug-likeness (QED) is 0.101. The van der Waals surface area contributed by atoms with Crippen molar-refractivity contribution in [2.75, 3.05) is 62.1 Å². The van der Waals surface area contributed by atoms with Crippen LogP contribution in [0.4, 0.5) is 0 Å². The van der Waals surface area contributed by atoms with Gasteiger partial charge in [-0.2, -0.15) is 0 Å². The fourth-order valence-electron chi connectivity index (χ4n) is 2.26. The largest absolute Gasteiger partial charge is 0.500 e. The molecule has 226 valence electrons. The lowest BCUT2D eigenvalue weighted by Gasteiger charge is -2.24. The van der Waals surface area contributed by atoms with Crippen LogP contribution in [0.2, 0.25) is 12.1 Å². The second-order valence-electron chi connectivity index (χ2n) is 6.81. The van der Waals surface area contributed by atoms with Crippen molar-refractivity contribution in [3.8, 4) is 0 Å². The number of hydrogen-bond acceptors (Lipinski definition) is 11. The first kappa shape index (κ1) is 49.0. The molecule has 0 aromatic carbocycles. The van der Waals surface area contributed by atoms with Crippen molar-refractivity contribution in [3.63, 3.8) is 0 Å². The van der Waals surface area contributed by atoms with Crippen molar-refractivity contribution in [1.82, 2.24) is 0 Å². The first-order valence-corrected chi connectivity index (χ1v) is 14.6. The molecule has 0 saturated heterocycles. The SMILES string of the molecule is C.C=C(C)C(=O)OCCC[Si](CO)(OC)OC.C=C(C)C(=O)OCCC[Si](OC)(OC)OC.CO.[SiH4].[SiH4]. The van der Waals surface area contributed by atoms with Gasteiger partial charge in [0.05, 0.1) is 19.4 Å². The molecule has 0 aliphatic carbocycles. The lowest BCUT2D eigenvalue weighted by atomic mass is 10.4. The van der Waals surface area contributed by atoms with E-state index >= 15 is 0 Å². The Bertz CT molecular complexity index is 518. The third-order valence-corrected chi connectivity index (χ3v) is 10.3. The molecule has 0 bridgehead atoms. The van der Waals surface area contributed by atoms with Crippen molar-refractivity contribution >= 4 is 51.2 Å². The number of aliphatic hydroxyl groups excluding tert-OH is 2. The molecule has 37 heavy (non-hydrogen) atoms. The summed E-state index contributed by atoms with van der Waals surface area (Å²) < 4.78 is 36.0. The van der Waals surface area contributed by atoms with E-state index in [-0.39, 0.29) is 48.2 Å². The molecule has 0 fully saturated rings. The molecule has 15 heteroatoms. The molecule has 0 aromatic heterocycles. The Labute approximate surface area is 235 Å². The van der Waals surface area contributed by atoms with Crippen molar-refractivity contribution in [2.45, 2.75) is 46.2 Å². The zero-order chi connectivity index (χ0) is 27.2. The van der Waals surface area contributed by atoms with E-state index < -0.39 is 23.3 Å². The fourth-order valence-corrected chi connectivity index (χ4v) is 5.62. The van der Waals surface area contributed by atoms with Crippen molar-refractivity contribution in [1.29, 1.82) is 0 Å². The molecule has 0 aliphatic rings. The van der Waals surface area contributed by atoms with Crippen LogP contribution in [0.5, 0.6) is 0 Å². The lowest BCUT2D eigenvalue weighted by Crippen LogP contribution is -2.44. The second kappa shape index (κ2) is 29.6. The van der Waals surface area contributed by atoms with Gasteiger partial charge in [0.25, 0.3) is 0 Å². The molecule has 0 spiro atoms. The van der Waals surface area contributed by atoms with Crippen LogP contribution in [0.25, 0.3) is 0 Å². The standard InChI is InChI=1S/2C10H20O5Si.CH4O.CH4.2H4Si/c1-9(2)10(11)15-7-6-8-16(12-3,13-4)14-5;1-9(2)10(12)15-6-5-7-16(8-11,13-3)14-4;1-2;;;/h1,6-8H2,2-5H3;11H,1,5-8H2,2-4H3;2H,1H3;3*1H4. The molecule has 0 aromatic rings. The number of carbonyl (C=O) groups is 2. The maximum atomic E-state index is 11.1. The van der Waals surface area contributed by atoms with Crippen LogP contribution in [0, 0.1) is 0 Å². The minimum atomic E-state index is -2.53.